The highest BCUT2D eigenvalue weighted by Crippen LogP contribution is 2.18. The summed E-state index contributed by atoms with van der Waals surface area (Å²) in [5.41, 5.74) is 2.31. The molecule has 0 unspecified atom stereocenters. The zero-order chi connectivity index (χ0) is 12.1. The van der Waals surface area contributed by atoms with Gasteiger partial charge in [0.15, 0.2) is 0 Å². The number of hydrogen-bond donors (Lipinski definition) is 2. The highest BCUT2D eigenvalue weighted by Gasteiger charge is 2.05. The van der Waals surface area contributed by atoms with Crippen LogP contribution in [0.2, 0.25) is 0 Å². The number of aliphatic hydroxyl groups is 1. The number of para-hydroxylation sites is 1. The SMILES string of the molecule is O=CN(CCO)CCc1c[nH]c2ccccc12. The van der Waals surface area contributed by atoms with Gasteiger partial charge in [0, 0.05) is 30.2 Å². The van der Waals surface area contributed by atoms with Gasteiger partial charge in [-0.05, 0) is 18.1 Å². The van der Waals surface area contributed by atoms with Crippen molar-refractivity contribution in [3.05, 3.63) is 36.0 Å². The van der Waals surface area contributed by atoms with Gasteiger partial charge < -0.3 is 15.0 Å². The van der Waals surface area contributed by atoms with Crippen LogP contribution in [0.25, 0.3) is 10.9 Å². The first-order chi connectivity index (χ1) is 8.35. The van der Waals surface area contributed by atoms with Gasteiger partial charge in [-0.2, -0.15) is 0 Å². The van der Waals surface area contributed by atoms with Crippen LogP contribution < -0.4 is 0 Å². The van der Waals surface area contributed by atoms with Gasteiger partial charge in [0.25, 0.3) is 0 Å². The van der Waals surface area contributed by atoms with Crippen molar-refractivity contribution in [2.75, 3.05) is 19.7 Å². The average molecular weight is 232 g/mol. The molecule has 0 spiro atoms. The second-order valence-corrected chi connectivity index (χ2v) is 3.97. The van der Waals surface area contributed by atoms with Crippen LogP contribution in [0.5, 0.6) is 0 Å². The number of rotatable bonds is 6. The van der Waals surface area contributed by atoms with Gasteiger partial charge in [-0.1, -0.05) is 18.2 Å². The molecule has 17 heavy (non-hydrogen) atoms. The number of aliphatic hydroxyl groups excluding tert-OH is 1. The van der Waals surface area contributed by atoms with E-state index >= 15 is 0 Å². The molecule has 4 nitrogen and oxygen atoms in total. The molecule has 0 bridgehead atoms. The zero-order valence-corrected chi connectivity index (χ0v) is 9.60. The second kappa shape index (κ2) is 5.50. The molecule has 2 rings (SSSR count). The van der Waals surface area contributed by atoms with Gasteiger partial charge >= 0.3 is 0 Å². The highest BCUT2D eigenvalue weighted by molar-refractivity contribution is 5.83. The number of carbonyl (C=O) groups is 1. The molecule has 0 aliphatic carbocycles. The summed E-state index contributed by atoms with van der Waals surface area (Å²) < 4.78 is 0. The summed E-state index contributed by atoms with van der Waals surface area (Å²) >= 11 is 0. The maximum atomic E-state index is 10.7. The van der Waals surface area contributed by atoms with Crippen molar-refractivity contribution in [3.63, 3.8) is 0 Å². The van der Waals surface area contributed by atoms with Crippen molar-refractivity contribution in [1.29, 1.82) is 0 Å². The average Bonchev–Trinajstić information content (AvgIpc) is 2.78. The third kappa shape index (κ3) is 2.65. The van der Waals surface area contributed by atoms with Crippen molar-refractivity contribution in [3.8, 4) is 0 Å². The minimum atomic E-state index is 0.00657. The zero-order valence-electron chi connectivity index (χ0n) is 9.60. The molecule has 0 radical (unpaired) electrons. The smallest absolute Gasteiger partial charge is 0.209 e. The van der Waals surface area contributed by atoms with E-state index in [1.807, 2.05) is 24.4 Å². The monoisotopic (exact) mass is 232 g/mol. The molecule has 90 valence electrons. The molecular weight excluding hydrogens is 216 g/mol. The predicted molar refractivity (Wildman–Crippen MR) is 66.7 cm³/mol. The number of carbonyl (C=O) groups excluding carboxylic acids is 1. The Labute approximate surface area is 99.9 Å². The van der Waals surface area contributed by atoms with E-state index in [9.17, 15) is 4.79 Å². The molecule has 2 N–H and O–H groups in total. The van der Waals surface area contributed by atoms with Crippen molar-refractivity contribution in [2.24, 2.45) is 0 Å². The number of nitrogens with one attached hydrogen (secondary N) is 1. The summed E-state index contributed by atoms with van der Waals surface area (Å²) in [5.74, 6) is 0. The third-order valence-corrected chi connectivity index (χ3v) is 2.88. The second-order valence-electron chi connectivity index (χ2n) is 3.97. The predicted octanol–water partition coefficient (Wildman–Crippen LogP) is 1.16. The summed E-state index contributed by atoms with van der Waals surface area (Å²) in [6.07, 6.45) is 3.56. The van der Waals surface area contributed by atoms with E-state index in [0.717, 1.165) is 18.3 Å². The van der Waals surface area contributed by atoms with Gasteiger partial charge in [0.05, 0.1) is 6.61 Å². The lowest BCUT2D eigenvalue weighted by atomic mass is 10.1. The van der Waals surface area contributed by atoms with Gasteiger partial charge in [0.2, 0.25) is 6.41 Å². The van der Waals surface area contributed by atoms with Crippen LogP contribution in [0.4, 0.5) is 0 Å². The van der Waals surface area contributed by atoms with Crippen LogP contribution in [0.3, 0.4) is 0 Å². The highest BCUT2D eigenvalue weighted by atomic mass is 16.3. The van der Waals surface area contributed by atoms with Crippen LogP contribution in [0.15, 0.2) is 30.5 Å². The lowest BCUT2D eigenvalue weighted by Gasteiger charge is -2.15. The van der Waals surface area contributed by atoms with E-state index < -0.39 is 0 Å². The van der Waals surface area contributed by atoms with Crippen LogP contribution in [-0.2, 0) is 11.2 Å². The summed E-state index contributed by atoms with van der Waals surface area (Å²) in [4.78, 5) is 15.5. The number of aromatic nitrogens is 1. The molecule has 0 aliphatic rings. The van der Waals surface area contributed by atoms with E-state index in [1.54, 1.807) is 4.90 Å². The number of aromatic amines is 1. The molecular formula is C13H16N2O2. The summed E-state index contributed by atoms with van der Waals surface area (Å²) in [6, 6.07) is 8.10. The van der Waals surface area contributed by atoms with E-state index in [1.165, 1.54) is 10.9 Å². The van der Waals surface area contributed by atoms with Crippen molar-refractivity contribution >= 4 is 17.3 Å². The Morgan fingerprint density at radius 3 is 2.88 bits per heavy atom. The molecule has 0 saturated heterocycles. The van der Waals surface area contributed by atoms with Crippen LogP contribution >= 0.6 is 0 Å². The van der Waals surface area contributed by atoms with E-state index in [-0.39, 0.29) is 6.61 Å². The number of benzene rings is 1. The van der Waals surface area contributed by atoms with Crippen LogP contribution in [-0.4, -0.2) is 41.1 Å². The Bertz CT molecular complexity index is 493. The van der Waals surface area contributed by atoms with E-state index in [4.69, 9.17) is 5.11 Å². The third-order valence-electron chi connectivity index (χ3n) is 2.88. The van der Waals surface area contributed by atoms with Gasteiger partial charge in [-0.15, -0.1) is 0 Å². The van der Waals surface area contributed by atoms with Crippen molar-refractivity contribution in [2.45, 2.75) is 6.42 Å². The molecule has 0 fully saturated rings. The van der Waals surface area contributed by atoms with Gasteiger partial charge in [0.1, 0.15) is 0 Å². The van der Waals surface area contributed by atoms with E-state index in [0.29, 0.717) is 13.1 Å². The topological polar surface area (TPSA) is 56.3 Å². The molecule has 0 atom stereocenters. The summed E-state index contributed by atoms with van der Waals surface area (Å²) in [7, 11) is 0. The Morgan fingerprint density at radius 2 is 2.12 bits per heavy atom. The molecule has 2 aromatic rings. The number of nitrogens with zero attached hydrogens (tertiary/aromatic N) is 1. The van der Waals surface area contributed by atoms with Crippen LogP contribution in [0, 0.1) is 0 Å². The largest absolute Gasteiger partial charge is 0.395 e. The molecule has 0 aliphatic heterocycles. The first kappa shape index (κ1) is 11.7. The molecule has 1 heterocycles. The Morgan fingerprint density at radius 1 is 1.29 bits per heavy atom. The Kier molecular flexibility index (Phi) is 3.77. The maximum absolute atomic E-state index is 10.7. The standard InChI is InChI=1S/C13H16N2O2/c16-8-7-15(10-17)6-5-11-9-14-13-4-2-1-3-12(11)13/h1-4,9-10,14,16H,5-8H2. The quantitative estimate of drug-likeness (QED) is 0.734. The maximum Gasteiger partial charge on any atom is 0.209 e. The number of amides is 1. The first-order valence-corrected chi connectivity index (χ1v) is 5.70. The molecule has 1 aromatic carbocycles. The summed E-state index contributed by atoms with van der Waals surface area (Å²) in [6.45, 7) is 1.03. The lowest BCUT2D eigenvalue weighted by Crippen LogP contribution is -2.27. The molecule has 0 saturated carbocycles. The molecule has 1 aromatic heterocycles. The van der Waals surface area contributed by atoms with Gasteiger partial charge in [-0.25, -0.2) is 0 Å². The fourth-order valence-corrected chi connectivity index (χ4v) is 1.95. The molecule has 1 amide bonds. The minimum Gasteiger partial charge on any atom is -0.395 e. The fraction of sp³-hybridized carbons (Fsp3) is 0.308. The van der Waals surface area contributed by atoms with Gasteiger partial charge in [-0.3, -0.25) is 4.79 Å². The van der Waals surface area contributed by atoms with Crippen LogP contribution in [0.1, 0.15) is 5.56 Å². The van der Waals surface area contributed by atoms with Crippen molar-refractivity contribution < 1.29 is 9.90 Å². The summed E-state index contributed by atoms with van der Waals surface area (Å²) in [5, 5.41) is 9.99. The minimum absolute atomic E-state index is 0.00657. The Hall–Kier alpha value is -1.81. The number of H-pyrrole nitrogens is 1. The normalized spacial score (nSPS) is 10.6. The fourth-order valence-electron chi connectivity index (χ4n) is 1.95. The molecule has 4 heteroatoms. The lowest BCUT2D eigenvalue weighted by molar-refractivity contribution is -0.118. The number of fused-ring (bicyclic) bond motifs is 1. The Balaban J connectivity index is 2.05. The van der Waals surface area contributed by atoms with Crippen molar-refractivity contribution in [1.82, 2.24) is 9.88 Å². The number of hydrogen-bond acceptors (Lipinski definition) is 2. The van der Waals surface area contributed by atoms with E-state index in [2.05, 4.69) is 11.1 Å². The first-order valence-electron chi connectivity index (χ1n) is 5.70.